The molecular weight excluding hydrogens is 290 g/mol. The summed E-state index contributed by atoms with van der Waals surface area (Å²) < 4.78 is 6.83. The van der Waals surface area contributed by atoms with E-state index in [0.717, 1.165) is 32.2 Å². The average molecular weight is 324 g/mol. The Balaban J connectivity index is 2.18. The molecule has 0 N–H and O–H groups in total. The van der Waals surface area contributed by atoms with Crippen LogP contribution in [0.1, 0.15) is 53.4 Å². The number of carbonyl (C=O) groups is 1. The smallest absolute Gasteiger partial charge is 0.222 e. The molecule has 0 saturated carbocycles. The third kappa shape index (κ3) is 3.48. The number of fused-ring (bicyclic) bond motifs is 1. The standard InChI is InChI=1S/C18H33NO2Si/c1-5-9-10-15-16-11-12-18(20)19(16)14-13-17(15)21-22(6-2,7-3)8-4/h9-10,15-17H,5-8,11-14H2,1-4H3/b10-9+/t15-,16-,17-/m0/s1. The zero-order valence-electron chi connectivity index (χ0n) is 14.8. The van der Waals surface area contributed by atoms with Gasteiger partial charge < -0.3 is 9.33 Å². The summed E-state index contributed by atoms with van der Waals surface area (Å²) in [6, 6.07) is 3.99. The van der Waals surface area contributed by atoms with Gasteiger partial charge in [0.15, 0.2) is 8.32 Å². The van der Waals surface area contributed by atoms with Gasteiger partial charge in [0.1, 0.15) is 0 Å². The van der Waals surface area contributed by atoms with Gasteiger partial charge in [-0.1, -0.05) is 39.8 Å². The van der Waals surface area contributed by atoms with E-state index in [0.29, 0.717) is 24.0 Å². The maximum atomic E-state index is 12.1. The van der Waals surface area contributed by atoms with Gasteiger partial charge in [-0.3, -0.25) is 4.79 Å². The molecular formula is C18H33NO2Si. The third-order valence-corrected chi connectivity index (χ3v) is 10.5. The maximum Gasteiger partial charge on any atom is 0.222 e. The van der Waals surface area contributed by atoms with Gasteiger partial charge in [0.05, 0.1) is 6.10 Å². The normalized spacial score (nSPS) is 29.4. The van der Waals surface area contributed by atoms with Crippen molar-refractivity contribution >= 4 is 14.2 Å². The lowest BCUT2D eigenvalue weighted by molar-refractivity contribution is -0.131. The number of amides is 1. The van der Waals surface area contributed by atoms with Crippen LogP contribution in [0.25, 0.3) is 0 Å². The third-order valence-electron chi connectivity index (χ3n) is 5.83. The summed E-state index contributed by atoms with van der Waals surface area (Å²) in [4.78, 5) is 14.2. The molecule has 2 aliphatic rings. The van der Waals surface area contributed by atoms with Gasteiger partial charge in [-0.15, -0.1) is 0 Å². The minimum atomic E-state index is -1.58. The van der Waals surface area contributed by atoms with Crippen molar-refractivity contribution in [1.82, 2.24) is 4.90 Å². The Labute approximate surface area is 137 Å². The fraction of sp³-hybridized carbons (Fsp3) is 0.833. The monoisotopic (exact) mass is 323 g/mol. The molecule has 2 heterocycles. The van der Waals surface area contributed by atoms with E-state index in [-0.39, 0.29) is 0 Å². The fourth-order valence-electron chi connectivity index (χ4n) is 4.16. The molecule has 0 aliphatic carbocycles. The molecule has 2 fully saturated rings. The molecule has 2 rings (SSSR count). The number of piperidine rings is 1. The van der Waals surface area contributed by atoms with Crippen LogP contribution >= 0.6 is 0 Å². The largest absolute Gasteiger partial charge is 0.413 e. The van der Waals surface area contributed by atoms with Crippen molar-refractivity contribution in [2.45, 2.75) is 83.7 Å². The van der Waals surface area contributed by atoms with Crippen LogP contribution in [0.15, 0.2) is 12.2 Å². The molecule has 4 heteroatoms. The van der Waals surface area contributed by atoms with Gasteiger partial charge in [0.2, 0.25) is 5.91 Å². The first kappa shape index (κ1) is 17.7. The first-order chi connectivity index (χ1) is 10.6. The molecule has 3 atom stereocenters. The van der Waals surface area contributed by atoms with Crippen LogP contribution in [0.3, 0.4) is 0 Å². The Morgan fingerprint density at radius 3 is 2.45 bits per heavy atom. The van der Waals surface area contributed by atoms with Crippen LogP contribution < -0.4 is 0 Å². The molecule has 126 valence electrons. The molecule has 0 radical (unpaired) electrons. The quantitative estimate of drug-likeness (QED) is 0.515. The molecule has 2 saturated heterocycles. The lowest BCUT2D eigenvalue weighted by Crippen LogP contribution is -2.53. The van der Waals surface area contributed by atoms with Crippen molar-refractivity contribution in [3.63, 3.8) is 0 Å². The molecule has 22 heavy (non-hydrogen) atoms. The SMILES string of the molecule is CC/C=C/[C@@H]1[C@@H](O[Si](CC)(CC)CC)CCN2C(=O)CC[C@@H]12. The van der Waals surface area contributed by atoms with E-state index in [4.69, 9.17) is 4.43 Å². The molecule has 0 unspecified atom stereocenters. The predicted octanol–water partition coefficient (Wildman–Crippen LogP) is 4.35. The van der Waals surface area contributed by atoms with Gasteiger partial charge >= 0.3 is 0 Å². The van der Waals surface area contributed by atoms with Crippen molar-refractivity contribution in [2.75, 3.05) is 6.54 Å². The van der Waals surface area contributed by atoms with Crippen molar-refractivity contribution in [3.05, 3.63) is 12.2 Å². The highest BCUT2D eigenvalue weighted by atomic mass is 28.4. The fourth-order valence-corrected chi connectivity index (χ4v) is 7.07. The lowest BCUT2D eigenvalue weighted by atomic mass is 9.86. The average Bonchev–Trinajstić information content (AvgIpc) is 2.93. The highest BCUT2D eigenvalue weighted by Gasteiger charge is 2.45. The van der Waals surface area contributed by atoms with Gasteiger partial charge in [-0.25, -0.2) is 0 Å². The number of hydrogen-bond donors (Lipinski definition) is 0. The van der Waals surface area contributed by atoms with Gasteiger partial charge in [0.25, 0.3) is 0 Å². The highest BCUT2D eigenvalue weighted by molar-refractivity contribution is 6.73. The van der Waals surface area contributed by atoms with Gasteiger partial charge in [0, 0.05) is 24.9 Å². The molecule has 0 aromatic carbocycles. The summed E-state index contributed by atoms with van der Waals surface area (Å²) in [7, 11) is -1.58. The summed E-state index contributed by atoms with van der Waals surface area (Å²) in [5, 5.41) is 0. The summed E-state index contributed by atoms with van der Waals surface area (Å²) in [5.41, 5.74) is 0. The molecule has 1 amide bonds. The lowest BCUT2D eigenvalue weighted by Gasteiger charge is -2.44. The van der Waals surface area contributed by atoms with Crippen LogP contribution in [-0.4, -0.2) is 37.8 Å². The molecule has 0 aromatic rings. The zero-order chi connectivity index (χ0) is 16.2. The van der Waals surface area contributed by atoms with Gasteiger partial charge in [-0.2, -0.15) is 0 Å². The van der Waals surface area contributed by atoms with E-state index in [1.54, 1.807) is 0 Å². The maximum absolute atomic E-state index is 12.1. The number of rotatable bonds is 7. The molecule has 3 nitrogen and oxygen atoms in total. The van der Waals surface area contributed by atoms with Gasteiger partial charge in [-0.05, 0) is 37.4 Å². The topological polar surface area (TPSA) is 29.5 Å². The van der Waals surface area contributed by atoms with Crippen LogP contribution in [0, 0.1) is 5.92 Å². The van der Waals surface area contributed by atoms with Crippen molar-refractivity contribution in [3.8, 4) is 0 Å². The summed E-state index contributed by atoms with van der Waals surface area (Å²) >= 11 is 0. The molecule has 0 bridgehead atoms. The van der Waals surface area contributed by atoms with E-state index >= 15 is 0 Å². The Morgan fingerprint density at radius 1 is 1.18 bits per heavy atom. The second-order valence-corrected chi connectivity index (χ2v) is 11.5. The molecule has 2 aliphatic heterocycles. The Hall–Kier alpha value is -0.613. The number of allylic oxidation sites excluding steroid dienone is 1. The first-order valence-electron chi connectivity index (χ1n) is 9.24. The Bertz CT molecular complexity index is 398. The molecule has 0 spiro atoms. The second-order valence-electron chi connectivity index (χ2n) is 6.80. The van der Waals surface area contributed by atoms with Crippen LogP contribution in [0.2, 0.25) is 18.1 Å². The van der Waals surface area contributed by atoms with Crippen molar-refractivity contribution < 1.29 is 9.22 Å². The van der Waals surface area contributed by atoms with Crippen LogP contribution in [-0.2, 0) is 9.22 Å². The summed E-state index contributed by atoms with van der Waals surface area (Å²) in [6.07, 6.45) is 8.74. The van der Waals surface area contributed by atoms with Crippen molar-refractivity contribution in [2.24, 2.45) is 5.92 Å². The Kier molecular flexibility index (Phi) is 6.27. The predicted molar refractivity (Wildman–Crippen MR) is 94.3 cm³/mol. The van der Waals surface area contributed by atoms with E-state index in [9.17, 15) is 4.79 Å². The van der Waals surface area contributed by atoms with E-state index < -0.39 is 8.32 Å². The Morgan fingerprint density at radius 2 is 1.86 bits per heavy atom. The number of hydrogen-bond acceptors (Lipinski definition) is 2. The summed E-state index contributed by atoms with van der Waals surface area (Å²) in [6.45, 7) is 9.96. The zero-order valence-corrected chi connectivity index (χ0v) is 15.8. The minimum Gasteiger partial charge on any atom is -0.413 e. The van der Waals surface area contributed by atoms with Crippen LogP contribution in [0.4, 0.5) is 0 Å². The number of carbonyl (C=O) groups excluding carboxylic acids is 1. The highest BCUT2D eigenvalue weighted by Crippen LogP contribution is 2.37. The van der Waals surface area contributed by atoms with Crippen LogP contribution in [0.5, 0.6) is 0 Å². The van der Waals surface area contributed by atoms with E-state index in [2.05, 4.69) is 44.7 Å². The molecule has 0 aromatic heterocycles. The van der Waals surface area contributed by atoms with Crippen molar-refractivity contribution in [1.29, 1.82) is 0 Å². The first-order valence-corrected chi connectivity index (χ1v) is 11.8. The number of nitrogens with zero attached hydrogens (tertiary/aromatic N) is 1. The minimum absolute atomic E-state index is 0.321. The van der Waals surface area contributed by atoms with E-state index in [1.807, 2.05) is 0 Å². The van der Waals surface area contributed by atoms with E-state index in [1.165, 1.54) is 18.1 Å². The second kappa shape index (κ2) is 7.78. The summed E-state index contributed by atoms with van der Waals surface area (Å²) in [5.74, 6) is 0.750.